The first kappa shape index (κ1) is 20.7. The van der Waals surface area contributed by atoms with Gasteiger partial charge in [0.25, 0.3) is 5.91 Å². The number of benzene rings is 1. The average molecular weight is 409 g/mol. The van der Waals surface area contributed by atoms with Crippen LogP contribution in [0.4, 0.5) is 11.4 Å². The molecule has 0 spiro atoms. The van der Waals surface area contributed by atoms with Crippen molar-refractivity contribution in [2.75, 3.05) is 16.8 Å². The Bertz CT molecular complexity index is 970. The molecule has 0 aliphatic heterocycles. The average Bonchev–Trinajstić information content (AvgIpc) is 3.17. The summed E-state index contributed by atoms with van der Waals surface area (Å²) in [6.07, 6.45) is 3.66. The van der Waals surface area contributed by atoms with Crippen molar-refractivity contribution in [3.8, 4) is 0 Å². The van der Waals surface area contributed by atoms with E-state index in [-0.39, 0.29) is 17.9 Å². The highest BCUT2D eigenvalue weighted by atomic mass is 32.1. The molecule has 29 heavy (non-hydrogen) atoms. The van der Waals surface area contributed by atoms with Gasteiger partial charge < -0.3 is 16.0 Å². The van der Waals surface area contributed by atoms with Crippen LogP contribution in [0.3, 0.4) is 0 Å². The molecule has 0 fully saturated rings. The van der Waals surface area contributed by atoms with Crippen molar-refractivity contribution in [2.45, 2.75) is 26.3 Å². The Morgan fingerprint density at radius 1 is 1.14 bits per heavy atom. The Morgan fingerprint density at radius 3 is 2.41 bits per heavy atom. The van der Waals surface area contributed by atoms with Crippen LogP contribution in [0.5, 0.6) is 0 Å². The van der Waals surface area contributed by atoms with Crippen LogP contribution >= 0.6 is 11.3 Å². The van der Waals surface area contributed by atoms with Gasteiger partial charge in [0.2, 0.25) is 5.91 Å². The molecule has 3 aromatic rings. The van der Waals surface area contributed by atoms with Crippen LogP contribution in [-0.2, 0) is 4.79 Å². The summed E-state index contributed by atoms with van der Waals surface area (Å²) in [5, 5.41) is 4.80. The monoisotopic (exact) mass is 408 g/mol. The number of carbonyl (C=O) groups excluding carboxylic acids is 2. The van der Waals surface area contributed by atoms with Gasteiger partial charge in [0.15, 0.2) is 0 Å². The zero-order valence-corrected chi connectivity index (χ0v) is 17.3. The number of aromatic nitrogens is 1. The molecule has 7 heteroatoms. The van der Waals surface area contributed by atoms with Crippen molar-refractivity contribution in [3.63, 3.8) is 0 Å². The van der Waals surface area contributed by atoms with E-state index in [9.17, 15) is 9.59 Å². The second-order valence-corrected chi connectivity index (χ2v) is 7.76. The number of rotatable bonds is 7. The Labute approximate surface area is 174 Å². The topological polar surface area (TPSA) is 88.3 Å². The standard InChI is InChI=1S/C22H24N4O2S/c1-3-21(27)26(20-10-13-29-15(20)2)14-19(23)16-4-6-17(7-5-16)22(28)25-18-8-11-24-12-9-18/h4-13,19H,3,14,23H2,1-2H3,(H,24,25,28). The largest absolute Gasteiger partial charge is 0.322 e. The minimum absolute atomic E-state index is 0.0373. The molecule has 0 saturated carbocycles. The first-order chi connectivity index (χ1) is 14.0. The Morgan fingerprint density at radius 2 is 1.83 bits per heavy atom. The molecule has 1 atom stereocenters. The van der Waals surface area contributed by atoms with Crippen molar-refractivity contribution in [1.82, 2.24) is 4.98 Å². The van der Waals surface area contributed by atoms with Crippen molar-refractivity contribution < 1.29 is 9.59 Å². The quantitative estimate of drug-likeness (QED) is 0.615. The maximum atomic E-state index is 12.5. The summed E-state index contributed by atoms with van der Waals surface area (Å²) in [6.45, 7) is 4.23. The third-order valence-electron chi connectivity index (χ3n) is 4.64. The minimum Gasteiger partial charge on any atom is -0.322 e. The number of hydrogen-bond acceptors (Lipinski definition) is 5. The number of nitrogens with two attached hydrogens (primary N) is 1. The van der Waals surface area contributed by atoms with Crippen LogP contribution in [-0.4, -0.2) is 23.3 Å². The maximum absolute atomic E-state index is 12.5. The fraction of sp³-hybridized carbons (Fsp3) is 0.227. The van der Waals surface area contributed by atoms with Gasteiger partial charge in [-0.05, 0) is 48.2 Å². The van der Waals surface area contributed by atoms with Gasteiger partial charge in [-0.1, -0.05) is 19.1 Å². The van der Waals surface area contributed by atoms with Crippen LogP contribution in [0.1, 0.15) is 40.2 Å². The highest BCUT2D eigenvalue weighted by Gasteiger charge is 2.20. The zero-order chi connectivity index (χ0) is 20.8. The number of hydrogen-bond donors (Lipinski definition) is 2. The minimum atomic E-state index is -0.359. The normalized spacial score (nSPS) is 11.7. The second kappa shape index (κ2) is 9.45. The predicted octanol–water partition coefficient (Wildman–Crippen LogP) is 4.15. The van der Waals surface area contributed by atoms with Crippen molar-refractivity contribution in [2.24, 2.45) is 5.73 Å². The molecule has 0 radical (unpaired) electrons. The van der Waals surface area contributed by atoms with E-state index in [1.54, 1.807) is 52.9 Å². The van der Waals surface area contributed by atoms with Gasteiger partial charge in [0, 0.05) is 47.5 Å². The Kier molecular flexibility index (Phi) is 6.74. The van der Waals surface area contributed by atoms with E-state index >= 15 is 0 Å². The number of pyridine rings is 1. The van der Waals surface area contributed by atoms with Crippen LogP contribution in [0.25, 0.3) is 0 Å². The highest BCUT2D eigenvalue weighted by Crippen LogP contribution is 2.27. The van der Waals surface area contributed by atoms with Crippen LogP contribution in [0, 0.1) is 6.92 Å². The maximum Gasteiger partial charge on any atom is 0.255 e. The molecule has 0 aliphatic carbocycles. The van der Waals surface area contributed by atoms with Crippen LogP contribution in [0.15, 0.2) is 60.2 Å². The number of carbonyl (C=O) groups is 2. The van der Waals surface area contributed by atoms with Crippen LogP contribution in [0.2, 0.25) is 0 Å². The third kappa shape index (κ3) is 5.07. The lowest BCUT2D eigenvalue weighted by molar-refractivity contribution is -0.118. The Balaban J connectivity index is 1.70. The van der Waals surface area contributed by atoms with E-state index < -0.39 is 0 Å². The van der Waals surface area contributed by atoms with E-state index in [2.05, 4.69) is 10.3 Å². The van der Waals surface area contributed by atoms with Gasteiger partial charge >= 0.3 is 0 Å². The molecule has 3 N–H and O–H groups in total. The van der Waals surface area contributed by atoms with Crippen LogP contribution < -0.4 is 16.0 Å². The molecule has 0 aliphatic rings. The lowest BCUT2D eigenvalue weighted by Gasteiger charge is -2.26. The molecule has 2 aromatic heterocycles. The molecule has 6 nitrogen and oxygen atoms in total. The SMILES string of the molecule is CCC(=O)N(CC(N)c1ccc(C(=O)Nc2ccncc2)cc1)c1ccsc1C. The van der Waals surface area contributed by atoms with Crippen molar-refractivity contribution >= 4 is 34.5 Å². The lowest BCUT2D eigenvalue weighted by atomic mass is 10.0. The molecule has 2 heterocycles. The second-order valence-electron chi connectivity index (χ2n) is 6.64. The molecule has 1 aromatic carbocycles. The first-order valence-electron chi connectivity index (χ1n) is 9.41. The van der Waals surface area contributed by atoms with Gasteiger partial charge in [0.05, 0.1) is 5.69 Å². The van der Waals surface area contributed by atoms with E-state index in [1.807, 2.05) is 37.4 Å². The summed E-state index contributed by atoms with van der Waals surface area (Å²) in [5.41, 5.74) is 9.39. The number of aryl methyl sites for hydroxylation is 1. The lowest BCUT2D eigenvalue weighted by Crippen LogP contribution is -2.37. The van der Waals surface area contributed by atoms with Crippen molar-refractivity contribution in [3.05, 3.63) is 76.2 Å². The summed E-state index contributed by atoms with van der Waals surface area (Å²) in [4.78, 5) is 31.6. The fourth-order valence-electron chi connectivity index (χ4n) is 3.01. The Hall–Kier alpha value is -3.03. The van der Waals surface area contributed by atoms with Gasteiger partial charge in [-0.2, -0.15) is 0 Å². The summed E-state index contributed by atoms with van der Waals surface area (Å²) in [7, 11) is 0. The van der Waals surface area contributed by atoms with E-state index in [0.717, 1.165) is 16.1 Å². The number of nitrogens with zero attached hydrogens (tertiary/aromatic N) is 2. The molecule has 3 rings (SSSR count). The molecule has 150 valence electrons. The summed E-state index contributed by atoms with van der Waals surface area (Å²) < 4.78 is 0. The first-order valence-corrected chi connectivity index (χ1v) is 10.3. The third-order valence-corrected chi connectivity index (χ3v) is 5.48. The summed E-state index contributed by atoms with van der Waals surface area (Å²) in [6, 6.07) is 12.2. The number of nitrogens with one attached hydrogen (secondary N) is 1. The molecular weight excluding hydrogens is 384 g/mol. The van der Waals surface area contributed by atoms with E-state index in [4.69, 9.17) is 5.73 Å². The molecule has 2 amide bonds. The molecule has 0 saturated heterocycles. The van der Waals surface area contributed by atoms with E-state index in [1.165, 1.54) is 0 Å². The van der Waals surface area contributed by atoms with Crippen molar-refractivity contribution in [1.29, 1.82) is 0 Å². The molecular formula is C22H24N4O2S. The molecule has 1 unspecified atom stereocenters. The van der Waals surface area contributed by atoms with Gasteiger partial charge in [-0.25, -0.2) is 0 Å². The van der Waals surface area contributed by atoms with Gasteiger partial charge in [0.1, 0.15) is 0 Å². The van der Waals surface area contributed by atoms with Gasteiger partial charge in [-0.3, -0.25) is 14.6 Å². The van der Waals surface area contributed by atoms with E-state index in [0.29, 0.717) is 24.2 Å². The summed E-state index contributed by atoms with van der Waals surface area (Å²) >= 11 is 1.61. The smallest absolute Gasteiger partial charge is 0.255 e. The summed E-state index contributed by atoms with van der Waals surface area (Å²) in [5.74, 6) is -0.164. The predicted molar refractivity (Wildman–Crippen MR) is 117 cm³/mol. The number of thiophene rings is 1. The van der Waals surface area contributed by atoms with Gasteiger partial charge in [-0.15, -0.1) is 11.3 Å². The molecule has 0 bridgehead atoms. The highest BCUT2D eigenvalue weighted by molar-refractivity contribution is 7.10. The fourth-order valence-corrected chi connectivity index (χ4v) is 3.71. The number of amides is 2. The zero-order valence-electron chi connectivity index (χ0n) is 16.5. The number of anilines is 2.